The lowest BCUT2D eigenvalue weighted by molar-refractivity contribution is 0.00701. The van der Waals surface area contributed by atoms with Crippen LogP contribution in [-0.4, -0.2) is 79.3 Å². The number of ether oxygens (including phenoxy) is 1. The standard InChI is InChI=1S/C19H37N5O2/c1-5-20-17(21-10-6-7-11-23-12-8-9-13-23)22-16-14-24(15-16)18(25)26-19(2,3)4/h16H,5-15H2,1-4H3,(H2,20,21,22). The summed E-state index contributed by atoms with van der Waals surface area (Å²) in [5, 5.41) is 6.70. The van der Waals surface area contributed by atoms with E-state index >= 15 is 0 Å². The number of nitrogens with zero attached hydrogens (tertiary/aromatic N) is 3. The SMILES string of the molecule is CCNC(=NCCCCN1CCCC1)NC1CN(C(=O)OC(C)(C)C)C1. The number of carbonyl (C=O) groups is 1. The topological polar surface area (TPSA) is 69.2 Å². The van der Waals surface area contributed by atoms with Crippen LogP contribution >= 0.6 is 0 Å². The molecule has 2 rings (SSSR count). The average Bonchev–Trinajstić information content (AvgIpc) is 3.01. The lowest BCUT2D eigenvalue weighted by Gasteiger charge is -2.40. The van der Waals surface area contributed by atoms with Gasteiger partial charge in [-0.1, -0.05) is 0 Å². The Labute approximate surface area is 158 Å². The van der Waals surface area contributed by atoms with Crippen molar-refractivity contribution in [2.75, 3.05) is 45.8 Å². The maximum absolute atomic E-state index is 12.0. The van der Waals surface area contributed by atoms with Crippen LogP contribution in [0.25, 0.3) is 0 Å². The molecule has 0 aliphatic carbocycles. The van der Waals surface area contributed by atoms with Gasteiger partial charge in [-0.05, 0) is 73.0 Å². The molecule has 0 radical (unpaired) electrons. The van der Waals surface area contributed by atoms with Crippen LogP contribution in [0, 0.1) is 0 Å². The van der Waals surface area contributed by atoms with E-state index < -0.39 is 5.60 Å². The largest absolute Gasteiger partial charge is 0.444 e. The number of guanidine groups is 1. The minimum absolute atomic E-state index is 0.237. The third kappa shape index (κ3) is 7.40. The normalized spacial score (nSPS) is 19.4. The second kappa shape index (κ2) is 10.00. The molecule has 2 heterocycles. The van der Waals surface area contributed by atoms with Crippen LogP contribution < -0.4 is 10.6 Å². The maximum Gasteiger partial charge on any atom is 0.410 e. The molecule has 2 fully saturated rings. The van der Waals surface area contributed by atoms with E-state index in [2.05, 4.69) is 27.4 Å². The zero-order valence-electron chi connectivity index (χ0n) is 17.0. The van der Waals surface area contributed by atoms with Crippen LogP contribution in [0.2, 0.25) is 0 Å². The van der Waals surface area contributed by atoms with E-state index in [0.717, 1.165) is 25.5 Å². The zero-order valence-corrected chi connectivity index (χ0v) is 17.0. The van der Waals surface area contributed by atoms with Crippen molar-refractivity contribution in [1.82, 2.24) is 20.4 Å². The van der Waals surface area contributed by atoms with Crippen molar-refractivity contribution < 1.29 is 9.53 Å². The molecule has 0 saturated carbocycles. The van der Waals surface area contributed by atoms with Gasteiger partial charge in [-0.3, -0.25) is 4.99 Å². The number of hydrogen-bond acceptors (Lipinski definition) is 4. The molecule has 0 unspecified atom stereocenters. The zero-order chi connectivity index (χ0) is 19.0. The summed E-state index contributed by atoms with van der Waals surface area (Å²) >= 11 is 0. The number of aliphatic imine (C=N–C) groups is 1. The Morgan fingerprint density at radius 1 is 1.19 bits per heavy atom. The van der Waals surface area contributed by atoms with E-state index in [9.17, 15) is 4.79 Å². The third-order valence-corrected chi connectivity index (χ3v) is 4.57. The minimum Gasteiger partial charge on any atom is -0.444 e. The molecule has 0 bridgehead atoms. The molecule has 7 heteroatoms. The van der Waals surface area contributed by atoms with Crippen molar-refractivity contribution in [2.45, 2.75) is 65.0 Å². The number of amides is 1. The second-order valence-electron chi connectivity index (χ2n) is 8.24. The van der Waals surface area contributed by atoms with Gasteiger partial charge in [0.1, 0.15) is 5.60 Å². The second-order valence-corrected chi connectivity index (χ2v) is 8.24. The highest BCUT2D eigenvalue weighted by Crippen LogP contribution is 2.15. The molecule has 0 aromatic heterocycles. The van der Waals surface area contributed by atoms with Crippen molar-refractivity contribution in [3.8, 4) is 0 Å². The van der Waals surface area contributed by atoms with Crippen LogP contribution in [0.5, 0.6) is 0 Å². The highest BCUT2D eigenvalue weighted by molar-refractivity contribution is 5.80. The summed E-state index contributed by atoms with van der Waals surface area (Å²) in [6, 6.07) is 0.241. The fourth-order valence-electron chi connectivity index (χ4n) is 3.20. The highest BCUT2D eigenvalue weighted by atomic mass is 16.6. The van der Waals surface area contributed by atoms with E-state index in [1.54, 1.807) is 4.90 Å². The van der Waals surface area contributed by atoms with Crippen molar-refractivity contribution in [2.24, 2.45) is 4.99 Å². The van der Waals surface area contributed by atoms with Gasteiger partial charge in [0.15, 0.2) is 5.96 Å². The Morgan fingerprint density at radius 2 is 1.88 bits per heavy atom. The van der Waals surface area contributed by atoms with Crippen LogP contribution in [0.1, 0.15) is 53.4 Å². The van der Waals surface area contributed by atoms with Gasteiger partial charge in [0, 0.05) is 26.2 Å². The van der Waals surface area contributed by atoms with Gasteiger partial charge in [0.05, 0.1) is 6.04 Å². The van der Waals surface area contributed by atoms with Crippen molar-refractivity contribution in [3.05, 3.63) is 0 Å². The molecule has 2 aliphatic rings. The van der Waals surface area contributed by atoms with Crippen LogP contribution in [0.4, 0.5) is 4.79 Å². The Hall–Kier alpha value is -1.50. The molecule has 1 amide bonds. The first-order valence-corrected chi connectivity index (χ1v) is 10.1. The summed E-state index contributed by atoms with van der Waals surface area (Å²) in [7, 11) is 0. The molecular weight excluding hydrogens is 330 g/mol. The van der Waals surface area contributed by atoms with Crippen molar-refractivity contribution in [1.29, 1.82) is 0 Å². The first-order chi connectivity index (χ1) is 12.4. The summed E-state index contributed by atoms with van der Waals surface area (Å²) in [5.74, 6) is 0.850. The molecule has 0 aromatic carbocycles. The number of unbranched alkanes of at least 4 members (excludes halogenated alkanes) is 1. The van der Waals surface area contributed by atoms with Crippen LogP contribution in [0.15, 0.2) is 4.99 Å². The van der Waals surface area contributed by atoms with E-state index in [1.807, 2.05) is 20.8 Å². The van der Waals surface area contributed by atoms with Crippen LogP contribution in [0.3, 0.4) is 0 Å². The van der Waals surface area contributed by atoms with Gasteiger partial charge in [-0.2, -0.15) is 0 Å². The maximum atomic E-state index is 12.0. The Kier molecular flexibility index (Phi) is 8.00. The lowest BCUT2D eigenvalue weighted by atomic mass is 10.1. The quantitative estimate of drug-likeness (QED) is 0.409. The summed E-state index contributed by atoms with van der Waals surface area (Å²) in [6.07, 6.45) is 4.79. The van der Waals surface area contributed by atoms with Crippen molar-refractivity contribution in [3.63, 3.8) is 0 Å². The molecule has 0 spiro atoms. The van der Waals surface area contributed by atoms with E-state index in [4.69, 9.17) is 4.74 Å². The molecule has 2 aliphatic heterocycles. The van der Waals surface area contributed by atoms with Gasteiger partial charge in [0.25, 0.3) is 0 Å². The van der Waals surface area contributed by atoms with Gasteiger partial charge in [-0.25, -0.2) is 4.79 Å². The Morgan fingerprint density at radius 3 is 2.50 bits per heavy atom. The first-order valence-electron chi connectivity index (χ1n) is 10.1. The molecular formula is C19H37N5O2. The van der Waals surface area contributed by atoms with Gasteiger partial charge in [-0.15, -0.1) is 0 Å². The smallest absolute Gasteiger partial charge is 0.410 e. The molecule has 7 nitrogen and oxygen atoms in total. The molecule has 2 N–H and O–H groups in total. The number of carbonyl (C=O) groups excluding carboxylic acids is 1. The lowest BCUT2D eigenvalue weighted by Crippen LogP contribution is -2.63. The summed E-state index contributed by atoms with van der Waals surface area (Å²) in [5.41, 5.74) is -0.443. The fraction of sp³-hybridized carbons (Fsp3) is 0.895. The predicted molar refractivity (Wildman–Crippen MR) is 106 cm³/mol. The number of nitrogens with one attached hydrogen (secondary N) is 2. The summed E-state index contributed by atoms with van der Waals surface area (Å²) < 4.78 is 5.39. The van der Waals surface area contributed by atoms with Crippen molar-refractivity contribution >= 4 is 12.1 Å². The number of hydrogen-bond donors (Lipinski definition) is 2. The molecule has 0 aromatic rings. The predicted octanol–water partition coefficient (Wildman–Crippen LogP) is 2.04. The summed E-state index contributed by atoms with van der Waals surface area (Å²) in [4.78, 5) is 20.9. The third-order valence-electron chi connectivity index (χ3n) is 4.57. The van der Waals surface area contributed by atoms with Gasteiger partial charge in [0.2, 0.25) is 0 Å². The first kappa shape index (κ1) is 20.8. The molecule has 2 saturated heterocycles. The molecule has 26 heavy (non-hydrogen) atoms. The average molecular weight is 368 g/mol. The molecule has 0 atom stereocenters. The Bertz CT molecular complexity index is 463. The van der Waals surface area contributed by atoms with E-state index in [-0.39, 0.29) is 12.1 Å². The van der Waals surface area contributed by atoms with E-state index in [0.29, 0.717) is 13.1 Å². The van der Waals surface area contributed by atoms with E-state index in [1.165, 1.54) is 38.9 Å². The summed E-state index contributed by atoms with van der Waals surface area (Å²) in [6.45, 7) is 14.5. The van der Waals surface area contributed by atoms with Gasteiger partial charge >= 0.3 is 6.09 Å². The van der Waals surface area contributed by atoms with Gasteiger partial charge < -0.3 is 25.2 Å². The Balaban J connectivity index is 1.63. The number of likely N-dealkylation sites (tertiary alicyclic amines) is 2. The highest BCUT2D eigenvalue weighted by Gasteiger charge is 2.34. The minimum atomic E-state index is -0.443. The fourth-order valence-corrected chi connectivity index (χ4v) is 3.20. The van der Waals surface area contributed by atoms with Crippen LogP contribution in [-0.2, 0) is 4.74 Å². The monoisotopic (exact) mass is 367 g/mol. The molecule has 150 valence electrons. The number of rotatable bonds is 7.